The number of hydrogen-bond acceptors (Lipinski definition) is 6. The highest BCUT2D eigenvalue weighted by Crippen LogP contribution is 2.31. The third-order valence-electron chi connectivity index (χ3n) is 3.92. The number of rotatable bonds is 8. The van der Waals surface area contributed by atoms with Crippen LogP contribution in [0.15, 0.2) is 47.6 Å². The summed E-state index contributed by atoms with van der Waals surface area (Å²) < 4.78 is 22.5. The molecule has 1 aliphatic rings. The second-order valence-corrected chi connectivity index (χ2v) is 6.09. The average Bonchev–Trinajstić information content (AvgIpc) is 2.73. The normalized spacial score (nSPS) is 15.3. The van der Waals surface area contributed by atoms with Crippen molar-refractivity contribution < 1.29 is 23.7 Å². The summed E-state index contributed by atoms with van der Waals surface area (Å²) in [6.45, 7) is 5.24. The van der Waals surface area contributed by atoms with E-state index in [-0.39, 0.29) is 12.5 Å². The molecule has 2 aromatic carbocycles. The average molecular weight is 384 g/mol. The van der Waals surface area contributed by atoms with Crippen LogP contribution in [0.4, 0.5) is 0 Å². The third-order valence-corrected chi connectivity index (χ3v) is 3.92. The molecule has 0 saturated heterocycles. The fourth-order valence-corrected chi connectivity index (χ4v) is 2.60. The van der Waals surface area contributed by atoms with Crippen molar-refractivity contribution in [1.82, 2.24) is 5.43 Å². The van der Waals surface area contributed by atoms with E-state index in [9.17, 15) is 4.79 Å². The van der Waals surface area contributed by atoms with Crippen LogP contribution in [0.25, 0.3) is 0 Å². The van der Waals surface area contributed by atoms with Gasteiger partial charge in [-0.05, 0) is 49.2 Å². The molecule has 7 nitrogen and oxygen atoms in total. The Balaban J connectivity index is 1.59. The molecule has 148 valence electrons. The Labute approximate surface area is 164 Å². The van der Waals surface area contributed by atoms with Crippen LogP contribution in [0.1, 0.15) is 25.8 Å². The highest BCUT2D eigenvalue weighted by molar-refractivity contribution is 5.85. The molecule has 7 heteroatoms. The molecule has 1 heterocycles. The topological polar surface area (TPSA) is 78.4 Å². The smallest absolute Gasteiger partial charge is 0.284 e. The van der Waals surface area contributed by atoms with Crippen molar-refractivity contribution in [2.75, 3.05) is 19.8 Å². The van der Waals surface area contributed by atoms with Crippen LogP contribution in [0.2, 0.25) is 0 Å². The van der Waals surface area contributed by atoms with Gasteiger partial charge in [-0.25, -0.2) is 5.43 Å². The molecule has 0 saturated carbocycles. The summed E-state index contributed by atoms with van der Waals surface area (Å²) in [7, 11) is 0. The minimum Gasteiger partial charge on any atom is -0.490 e. The summed E-state index contributed by atoms with van der Waals surface area (Å²) in [6.07, 6.45) is 1.70. The van der Waals surface area contributed by atoms with E-state index in [2.05, 4.69) is 10.5 Å². The van der Waals surface area contributed by atoms with Gasteiger partial charge >= 0.3 is 0 Å². The molecular weight excluding hydrogens is 360 g/mol. The lowest BCUT2D eigenvalue weighted by Crippen LogP contribution is -2.42. The lowest BCUT2D eigenvalue weighted by molar-refractivity contribution is -0.130. The Morgan fingerprint density at radius 2 is 2.00 bits per heavy atom. The Morgan fingerprint density at radius 1 is 1.18 bits per heavy atom. The maximum absolute atomic E-state index is 12.3. The maximum Gasteiger partial charge on any atom is 0.284 e. The van der Waals surface area contributed by atoms with Gasteiger partial charge in [-0.2, -0.15) is 5.10 Å². The molecule has 0 bridgehead atoms. The SMILES string of the molecule is CCCOc1ccc(/C=N/NC(=O)C2COc3ccccc3O2)cc1OCC. The van der Waals surface area contributed by atoms with Crippen molar-refractivity contribution in [2.24, 2.45) is 5.10 Å². The van der Waals surface area contributed by atoms with E-state index < -0.39 is 6.10 Å². The number of benzene rings is 2. The molecule has 0 spiro atoms. The van der Waals surface area contributed by atoms with E-state index in [0.717, 1.165) is 12.0 Å². The van der Waals surface area contributed by atoms with Crippen molar-refractivity contribution >= 4 is 12.1 Å². The molecule has 28 heavy (non-hydrogen) atoms. The van der Waals surface area contributed by atoms with Gasteiger partial charge in [0.1, 0.15) is 6.61 Å². The summed E-state index contributed by atoms with van der Waals surface area (Å²) in [5, 5.41) is 4.01. The second-order valence-electron chi connectivity index (χ2n) is 6.09. The number of ether oxygens (including phenoxy) is 4. The summed E-state index contributed by atoms with van der Waals surface area (Å²) in [5.41, 5.74) is 3.26. The van der Waals surface area contributed by atoms with Gasteiger partial charge in [0.25, 0.3) is 5.91 Å². The van der Waals surface area contributed by atoms with Crippen LogP contribution in [0.3, 0.4) is 0 Å². The number of hydrazone groups is 1. The number of nitrogens with one attached hydrogen (secondary N) is 1. The van der Waals surface area contributed by atoms with Crippen molar-refractivity contribution in [3.63, 3.8) is 0 Å². The van der Waals surface area contributed by atoms with Gasteiger partial charge < -0.3 is 18.9 Å². The lowest BCUT2D eigenvalue weighted by atomic mass is 10.2. The largest absolute Gasteiger partial charge is 0.490 e. The molecule has 3 rings (SSSR count). The molecule has 1 atom stereocenters. The third kappa shape index (κ3) is 4.94. The zero-order valence-electron chi connectivity index (χ0n) is 16.0. The minimum atomic E-state index is -0.754. The monoisotopic (exact) mass is 384 g/mol. The van der Waals surface area contributed by atoms with Crippen LogP contribution < -0.4 is 24.4 Å². The van der Waals surface area contributed by atoms with E-state index in [1.165, 1.54) is 0 Å². The van der Waals surface area contributed by atoms with Gasteiger partial charge in [-0.15, -0.1) is 0 Å². The zero-order chi connectivity index (χ0) is 19.8. The fraction of sp³-hybridized carbons (Fsp3) is 0.333. The summed E-state index contributed by atoms with van der Waals surface area (Å²) in [4.78, 5) is 12.3. The number of carbonyl (C=O) groups excluding carboxylic acids is 1. The highest BCUT2D eigenvalue weighted by Gasteiger charge is 2.26. The Morgan fingerprint density at radius 3 is 2.79 bits per heavy atom. The summed E-state index contributed by atoms with van der Waals surface area (Å²) in [6, 6.07) is 12.7. The predicted molar refractivity (Wildman–Crippen MR) is 105 cm³/mol. The Hall–Kier alpha value is -3.22. The van der Waals surface area contributed by atoms with E-state index in [4.69, 9.17) is 18.9 Å². The highest BCUT2D eigenvalue weighted by atomic mass is 16.6. The van der Waals surface area contributed by atoms with E-state index in [1.807, 2.05) is 44.2 Å². The van der Waals surface area contributed by atoms with Crippen LogP contribution >= 0.6 is 0 Å². The minimum absolute atomic E-state index is 0.135. The van der Waals surface area contributed by atoms with Crippen molar-refractivity contribution in [3.8, 4) is 23.0 Å². The van der Waals surface area contributed by atoms with Crippen LogP contribution in [-0.4, -0.2) is 38.0 Å². The van der Waals surface area contributed by atoms with Crippen LogP contribution in [0, 0.1) is 0 Å². The Bertz CT molecular complexity index is 837. The van der Waals surface area contributed by atoms with Crippen molar-refractivity contribution in [2.45, 2.75) is 26.4 Å². The molecule has 1 amide bonds. The standard InChI is InChI=1S/C21H24N2O5/c1-3-11-26-17-10-9-15(12-19(17)25-4-2)13-22-23-21(24)20-14-27-16-7-5-6-8-18(16)28-20/h5-10,12-13,20H,3-4,11,14H2,1-2H3,(H,23,24)/b22-13+. The number of carbonyl (C=O) groups is 1. The maximum atomic E-state index is 12.3. The summed E-state index contributed by atoms with van der Waals surface area (Å²) >= 11 is 0. The molecule has 2 aromatic rings. The van der Waals surface area contributed by atoms with Gasteiger partial charge in [-0.3, -0.25) is 4.79 Å². The molecule has 0 fully saturated rings. The Kier molecular flexibility index (Phi) is 6.73. The molecule has 0 radical (unpaired) electrons. The first kappa shape index (κ1) is 19.5. The van der Waals surface area contributed by atoms with Gasteiger partial charge in [0.15, 0.2) is 23.0 Å². The first-order valence-corrected chi connectivity index (χ1v) is 9.32. The fourth-order valence-electron chi connectivity index (χ4n) is 2.60. The first-order valence-electron chi connectivity index (χ1n) is 9.32. The van der Waals surface area contributed by atoms with Crippen LogP contribution in [0.5, 0.6) is 23.0 Å². The number of nitrogens with zero attached hydrogens (tertiary/aromatic N) is 1. The number of amides is 1. The van der Waals surface area contributed by atoms with Gasteiger partial charge in [0.2, 0.25) is 6.10 Å². The first-order chi connectivity index (χ1) is 13.7. The van der Waals surface area contributed by atoms with Crippen LogP contribution in [-0.2, 0) is 4.79 Å². The molecule has 0 aromatic heterocycles. The van der Waals surface area contributed by atoms with E-state index in [1.54, 1.807) is 18.3 Å². The molecule has 1 aliphatic heterocycles. The van der Waals surface area contributed by atoms with Gasteiger partial charge in [0.05, 0.1) is 19.4 Å². The van der Waals surface area contributed by atoms with Gasteiger partial charge in [-0.1, -0.05) is 19.1 Å². The molecular formula is C21H24N2O5. The van der Waals surface area contributed by atoms with Gasteiger partial charge in [0, 0.05) is 0 Å². The molecule has 1 N–H and O–H groups in total. The van der Waals surface area contributed by atoms with Crippen molar-refractivity contribution in [3.05, 3.63) is 48.0 Å². The molecule has 1 unspecified atom stereocenters. The number of para-hydroxylation sites is 2. The van der Waals surface area contributed by atoms with E-state index in [0.29, 0.717) is 36.2 Å². The number of fused-ring (bicyclic) bond motifs is 1. The zero-order valence-corrected chi connectivity index (χ0v) is 16.0. The quantitative estimate of drug-likeness (QED) is 0.559. The number of hydrogen-bond donors (Lipinski definition) is 1. The lowest BCUT2D eigenvalue weighted by Gasteiger charge is -2.24. The molecule has 0 aliphatic carbocycles. The van der Waals surface area contributed by atoms with E-state index >= 15 is 0 Å². The van der Waals surface area contributed by atoms with Crippen molar-refractivity contribution in [1.29, 1.82) is 0 Å². The predicted octanol–water partition coefficient (Wildman–Crippen LogP) is 3.16. The summed E-state index contributed by atoms with van der Waals surface area (Å²) in [5.74, 6) is 2.13. The second kappa shape index (κ2) is 9.64.